The molecule has 58 heavy (non-hydrogen) atoms. The van der Waals surface area contributed by atoms with E-state index in [0.717, 1.165) is 5.69 Å². The van der Waals surface area contributed by atoms with Crippen molar-refractivity contribution in [3.05, 3.63) is 194 Å². The summed E-state index contributed by atoms with van der Waals surface area (Å²) in [4.78, 5) is 0. The molecule has 4 aromatic heterocycles. The van der Waals surface area contributed by atoms with Crippen LogP contribution in [-0.2, 0) is 0 Å². The standard InChI is InChI=1S/C54H32N2S2/c1-5-18-46-39(13-1)43-30-33(23-26-48(43)55(46)36-12-9-11-35(29-36)38-17-10-22-53-54(38)42-16-4-8-21-51(42)58-53)34-24-27-49-44(31-34)40-14-2-6-19-47(40)56(49)37-25-28-52-45(32-37)41-15-3-7-20-50(41)57-52/h1-32H. The molecular formula is C54H32N2S2. The van der Waals surface area contributed by atoms with Gasteiger partial charge in [0, 0.05) is 73.3 Å². The first-order chi connectivity index (χ1) is 28.7. The van der Waals surface area contributed by atoms with Gasteiger partial charge in [0.05, 0.1) is 22.1 Å². The molecule has 0 fully saturated rings. The fourth-order valence-electron chi connectivity index (χ4n) is 9.54. The Labute approximate surface area is 341 Å². The minimum Gasteiger partial charge on any atom is -0.309 e. The normalized spacial score (nSPS) is 12.1. The fourth-order valence-corrected chi connectivity index (χ4v) is 11.8. The highest BCUT2D eigenvalue weighted by atomic mass is 32.1. The average Bonchev–Trinajstić information content (AvgIpc) is 4.03. The molecule has 4 heteroatoms. The van der Waals surface area contributed by atoms with Crippen LogP contribution in [0.15, 0.2) is 194 Å². The lowest BCUT2D eigenvalue weighted by Crippen LogP contribution is -1.94. The summed E-state index contributed by atoms with van der Waals surface area (Å²) in [7, 11) is 0. The van der Waals surface area contributed by atoms with Crippen LogP contribution in [0.2, 0.25) is 0 Å². The summed E-state index contributed by atoms with van der Waals surface area (Å²) < 4.78 is 10.2. The van der Waals surface area contributed by atoms with Crippen LogP contribution in [0.1, 0.15) is 0 Å². The Morgan fingerprint density at radius 1 is 0.276 bits per heavy atom. The minimum absolute atomic E-state index is 1.16. The topological polar surface area (TPSA) is 9.86 Å². The SMILES string of the molecule is c1cc(-c2cccc3sc4ccccc4c23)cc(-n2c3ccccc3c3cc(-c4ccc5c(c4)c4ccccc4n5-c4ccc5sc6ccccc6c5c4)ccc32)c1. The van der Waals surface area contributed by atoms with Crippen molar-refractivity contribution in [2.45, 2.75) is 0 Å². The highest BCUT2D eigenvalue weighted by Crippen LogP contribution is 2.43. The first-order valence-electron chi connectivity index (χ1n) is 19.7. The number of benzene rings is 9. The van der Waals surface area contributed by atoms with Crippen LogP contribution in [-0.4, -0.2) is 9.13 Å². The number of hydrogen-bond donors (Lipinski definition) is 0. The Morgan fingerprint density at radius 2 is 0.793 bits per heavy atom. The summed E-state index contributed by atoms with van der Waals surface area (Å²) in [6.07, 6.45) is 0. The highest BCUT2D eigenvalue weighted by molar-refractivity contribution is 7.26. The molecular weight excluding hydrogens is 741 g/mol. The van der Waals surface area contributed by atoms with Gasteiger partial charge in [0.25, 0.3) is 0 Å². The maximum Gasteiger partial charge on any atom is 0.0541 e. The van der Waals surface area contributed by atoms with E-state index in [1.165, 1.54) is 112 Å². The van der Waals surface area contributed by atoms with Gasteiger partial charge in [-0.2, -0.15) is 0 Å². The number of hydrogen-bond acceptors (Lipinski definition) is 2. The molecule has 0 radical (unpaired) electrons. The van der Waals surface area contributed by atoms with Gasteiger partial charge in [-0.05, 0) is 107 Å². The lowest BCUT2D eigenvalue weighted by molar-refractivity contribution is 1.18. The third-order valence-electron chi connectivity index (χ3n) is 12.1. The van der Waals surface area contributed by atoms with Crippen molar-refractivity contribution in [2.24, 2.45) is 0 Å². The van der Waals surface area contributed by atoms with E-state index in [-0.39, 0.29) is 0 Å². The predicted octanol–water partition coefficient (Wildman–Crippen LogP) is 16.0. The quantitative estimate of drug-likeness (QED) is 0.169. The molecule has 9 aromatic carbocycles. The van der Waals surface area contributed by atoms with Crippen LogP contribution in [0, 0.1) is 0 Å². The second kappa shape index (κ2) is 12.3. The zero-order valence-electron chi connectivity index (χ0n) is 31.2. The van der Waals surface area contributed by atoms with Gasteiger partial charge in [-0.3, -0.25) is 0 Å². The first-order valence-corrected chi connectivity index (χ1v) is 21.4. The lowest BCUT2D eigenvalue weighted by Gasteiger charge is -2.12. The van der Waals surface area contributed by atoms with E-state index in [4.69, 9.17) is 0 Å². The summed E-state index contributed by atoms with van der Waals surface area (Å²) in [5.41, 5.74) is 12.1. The monoisotopic (exact) mass is 772 g/mol. The van der Waals surface area contributed by atoms with Crippen molar-refractivity contribution in [2.75, 3.05) is 0 Å². The van der Waals surface area contributed by atoms with E-state index in [9.17, 15) is 0 Å². The van der Waals surface area contributed by atoms with E-state index in [1.54, 1.807) is 0 Å². The van der Waals surface area contributed by atoms with Gasteiger partial charge in [0.2, 0.25) is 0 Å². The van der Waals surface area contributed by atoms with E-state index < -0.39 is 0 Å². The number of nitrogens with zero attached hydrogens (tertiary/aromatic N) is 2. The third-order valence-corrected chi connectivity index (χ3v) is 14.4. The maximum atomic E-state index is 2.44. The van der Waals surface area contributed by atoms with Crippen LogP contribution >= 0.6 is 22.7 Å². The van der Waals surface area contributed by atoms with Crippen molar-refractivity contribution in [1.82, 2.24) is 9.13 Å². The summed E-state index contributed by atoms with van der Waals surface area (Å²) >= 11 is 3.74. The fraction of sp³-hybridized carbons (Fsp3) is 0. The van der Waals surface area contributed by atoms with Crippen LogP contribution in [0.5, 0.6) is 0 Å². The summed E-state index contributed by atoms with van der Waals surface area (Å²) in [5.74, 6) is 0. The molecule has 13 aromatic rings. The average molecular weight is 773 g/mol. The maximum absolute atomic E-state index is 2.44. The molecule has 0 atom stereocenters. The Morgan fingerprint density at radius 3 is 1.50 bits per heavy atom. The Balaban J connectivity index is 0.957. The number of fused-ring (bicyclic) bond motifs is 12. The van der Waals surface area contributed by atoms with Crippen molar-refractivity contribution in [1.29, 1.82) is 0 Å². The molecule has 13 rings (SSSR count). The number of thiophene rings is 2. The van der Waals surface area contributed by atoms with Crippen LogP contribution in [0.25, 0.3) is 118 Å². The van der Waals surface area contributed by atoms with Crippen molar-refractivity contribution >= 4 is 107 Å². The molecule has 0 saturated heterocycles. The Bertz CT molecular complexity index is 3820. The highest BCUT2D eigenvalue weighted by Gasteiger charge is 2.18. The molecule has 0 bridgehead atoms. The smallest absolute Gasteiger partial charge is 0.0541 e. The molecule has 0 unspecified atom stereocenters. The van der Waals surface area contributed by atoms with Crippen LogP contribution in [0.3, 0.4) is 0 Å². The third kappa shape index (κ3) is 4.64. The summed E-state index contributed by atoms with van der Waals surface area (Å²) in [6, 6.07) is 72.0. The van der Waals surface area contributed by atoms with Crippen LogP contribution < -0.4 is 0 Å². The van der Waals surface area contributed by atoms with Crippen molar-refractivity contribution in [3.63, 3.8) is 0 Å². The van der Waals surface area contributed by atoms with Crippen molar-refractivity contribution < 1.29 is 0 Å². The van der Waals surface area contributed by atoms with Gasteiger partial charge in [-0.25, -0.2) is 0 Å². The molecule has 0 spiro atoms. The van der Waals surface area contributed by atoms with E-state index >= 15 is 0 Å². The minimum atomic E-state index is 1.16. The second-order valence-corrected chi connectivity index (χ2v) is 17.4. The zero-order chi connectivity index (χ0) is 37.9. The van der Waals surface area contributed by atoms with Gasteiger partial charge in [0.15, 0.2) is 0 Å². The summed E-state index contributed by atoms with van der Waals surface area (Å²) in [6.45, 7) is 0. The number of para-hydroxylation sites is 2. The second-order valence-electron chi connectivity index (χ2n) is 15.3. The van der Waals surface area contributed by atoms with Gasteiger partial charge in [0.1, 0.15) is 0 Å². The lowest BCUT2D eigenvalue weighted by atomic mass is 9.99. The molecule has 2 nitrogen and oxygen atoms in total. The van der Waals surface area contributed by atoms with E-state index in [2.05, 4.69) is 203 Å². The molecule has 0 aliphatic rings. The first kappa shape index (κ1) is 32.1. The van der Waals surface area contributed by atoms with Crippen molar-refractivity contribution in [3.8, 4) is 33.6 Å². The molecule has 0 saturated carbocycles. The Kier molecular flexibility index (Phi) is 6.79. The van der Waals surface area contributed by atoms with Gasteiger partial charge in [-0.15, -0.1) is 22.7 Å². The molecule has 0 aliphatic heterocycles. The molecule has 0 aliphatic carbocycles. The zero-order valence-corrected chi connectivity index (χ0v) is 32.8. The van der Waals surface area contributed by atoms with E-state index in [0.29, 0.717) is 0 Å². The van der Waals surface area contributed by atoms with Gasteiger partial charge >= 0.3 is 0 Å². The van der Waals surface area contributed by atoms with Crippen LogP contribution in [0.4, 0.5) is 0 Å². The number of aromatic nitrogens is 2. The predicted molar refractivity (Wildman–Crippen MR) is 252 cm³/mol. The molecule has 4 heterocycles. The molecule has 270 valence electrons. The van der Waals surface area contributed by atoms with E-state index in [1.807, 2.05) is 22.7 Å². The van der Waals surface area contributed by atoms with Gasteiger partial charge < -0.3 is 9.13 Å². The number of rotatable bonds is 4. The summed E-state index contributed by atoms with van der Waals surface area (Å²) in [5, 5.41) is 10.3. The molecule has 0 amide bonds. The largest absolute Gasteiger partial charge is 0.309 e. The Hall–Kier alpha value is -6.98. The molecule has 0 N–H and O–H groups in total. The van der Waals surface area contributed by atoms with Gasteiger partial charge in [-0.1, -0.05) is 109 Å².